The molecule has 6 heteroatoms. The maximum absolute atomic E-state index is 12.4. The molecule has 3 aromatic rings. The lowest BCUT2D eigenvalue weighted by Crippen LogP contribution is -2.40. The lowest BCUT2D eigenvalue weighted by atomic mass is 9.91. The van der Waals surface area contributed by atoms with E-state index < -0.39 is 0 Å². The molecule has 0 atom stereocenters. The number of hydrogen-bond acceptors (Lipinski definition) is 4. The van der Waals surface area contributed by atoms with Gasteiger partial charge in [0.05, 0.1) is 11.9 Å². The van der Waals surface area contributed by atoms with Crippen molar-refractivity contribution >= 4 is 39.9 Å². The number of hydrogen-bond donors (Lipinski definition) is 2. The van der Waals surface area contributed by atoms with Crippen molar-refractivity contribution in [3.63, 3.8) is 0 Å². The number of pyridine rings is 1. The molecular formula is C25H29ClN4O. The van der Waals surface area contributed by atoms with Crippen LogP contribution >= 0.6 is 11.6 Å². The Balaban J connectivity index is 1.32. The third-order valence-corrected chi connectivity index (χ3v) is 6.15. The van der Waals surface area contributed by atoms with Crippen LogP contribution in [0, 0.1) is 0 Å². The molecule has 0 unspecified atom stereocenters. The molecule has 162 valence electrons. The van der Waals surface area contributed by atoms with Gasteiger partial charge in [-0.05, 0) is 49.4 Å². The van der Waals surface area contributed by atoms with Crippen LogP contribution in [0.2, 0.25) is 5.02 Å². The molecule has 1 fully saturated rings. The highest BCUT2D eigenvalue weighted by atomic mass is 35.5. The first-order chi connectivity index (χ1) is 15.0. The fourth-order valence-corrected chi connectivity index (χ4v) is 4.38. The summed E-state index contributed by atoms with van der Waals surface area (Å²) in [5, 5.41) is 8.66. The second-order valence-electron chi connectivity index (χ2n) is 8.50. The van der Waals surface area contributed by atoms with E-state index in [4.69, 9.17) is 16.6 Å². The van der Waals surface area contributed by atoms with Gasteiger partial charge in [0.15, 0.2) is 0 Å². The number of rotatable bonds is 6. The molecular weight excluding hydrogens is 408 g/mol. The largest absolute Gasteiger partial charge is 0.377 e. The summed E-state index contributed by atoms with van der Waals surface area (Å²) in [6.07, 6.45) is 4.36. The van der Waals surface area contributed by atoms with Crippen LogP contribution in [0.25, 0.3) is 10.9 Å². The predicted octanol–water partition coefficient (Wildman–Crippen LogP) is 5.04. The molecule has 1 aliphatic carbocycles. The molecule has 31 heavy (non-hydrogen) atoms. The summed E-state index contributed by atoms with van der Waals surface area (Å²) in [5.74, 6) is 0.989. The molecule has 1 aromatic heterocycles. The first kappa shape index (κ1) is 21.4. The first-order valence-corrected chi connectivity index (χ1v) is 11.2. The van der Waals surface area contributed by atoms with E-state index in [9.17, 15) is 4.79 Å². The second kappa shape index (κ2) is 9.56. The van der Waals surface area contributed by atoms with Crippen molar-refractivity contribution in [3.05, 3.63) is 65.2 Å². The highest BCUT2D eigenvalue weighted by molar-refractivity contribution is 6.30. The van der Waals surface area contributed by atoms with Crippen molar-refractivity contribution in [2.45, 2.75) is 44.2 Å². The van der Waals surface area contributed by atoms with Crippen LogP contribution in [0.5, 0.6) is 0 Å². The van der Waals surface area contributed by atoms with Gasteiger partial charge in [-0.2, -0.15) is 0 Å². The Hall–Kier alpha value is -2.79. The van der Waals surface area contributed by atoms with E-state index in [1.807, 2.05) is 36.4 Å². The van der Waals surface area contributed by atoms with Gasteiger partial charge in [-0.25, -0.2) is 4.98 Å². The molecule has 2 N–H and O–H groups in total. The van der Waals surface area contributed by atoms with Crippen LogP contribution in [0.1, 0.15) is 31.2 Å². The van der Waals surface area contributed by atoms with Gasteiger partial charge in [-0.3, -0.25) is 4.79 Å². The Morgan fingerprint density at radius 1 is 1.03 bits per heavy atom. The summed E-state index contributed by atoms with van der Waals surface area (Å²) >= 11 is 5.91. The van der Waals surface area contributed by atoms with E-state index in [2.05, 4.69) is 47.8 Å². The van der Waals surface area contributed by atoms with Crippen molar-refractivity contribution in [3.8, 4) is 0 Å². The van der Waals surface area contributed by atoms with Crippen LogP contribution in [0.4, 0.5) is 11.5 Å². The van der Waals surface area contributed by atoms with E-state index in [1.54, 1.807) is 0 Å². The maximum atomic E-state index is 12.4. The van der Waals surface area contributed by atoms with Crippen LogP contribution in [-0.2, 0) is 11.2 Å². The molecule has 5 nitrogen and oxygen atoms in total. The minimum atomic E-state index is 0.0746. The standard InChI is InChI=1S/C25H29ClN4O/c1-30(2)23-16-24(29-22-6-4-3-5-21(22)23)27-19-11-13-20(14-12-19)28-25(31)15-17-7-9-18(26)10-8-17/h3-10,16,19-20H,11-15H2,1-2H3,(H,27,29)(H,28,31)/t19-,20+. The van der Waals surface area contributed by atoms with E-state index >= 15 is 0 Å². The summed E-state index contributed by atoms with van der Waals surface area (Å²) in [6.45, 7) is 0. The van der Waals surface area contributed by atoms with E-state index in [0.29, 0.717) is 17.5 Å². The molecule has 1 saturated carbocycles. The Bertz CT molecular complexity index is 1040. The predicted molar refractivity (Wildman–Crippen MR) is 129 cm³/mol. The fourth-order valence-electron chi connectivity index (χ4n) is 4.26. The minimum absolute atomic E-state index is 0.0746. The fraction of sp³-hybridized carbons (Fsp3) is 0.360. The van der Waals surface area contributed by atoms with Gasteiger partial charge in [0.25, 0.3) is 0 Å². The number of nitrogens with zero attached hydrogens (tertiary/aromatic N) is 2. The van der Waals surface area contributed by atoms with Crippen molar-refractivity contribution in [1.29, 1.82) is 0 Å². The molecule has 1 amide bonds. The number of amides is 1. The zero-order chi connectivity index (χ0) is 21.8. The zero-order valence-corrected chi connectivity index (χ0v) is 18.8. The van der Waals surface area contributed by atoms with Crippen LogP contribution in [-0.4, -0.2) is 37.1 Å². The Morgan fingerprint density at radius 3 is 2.42 bits per heavy atom. The monoisotopic (exact) mass is 436 g/mol. The lowest BCUT2D eigenvalue weighted by Gasteiger charge is -2.30. The number of carbonyl (C=O) groups excluding carboxylic acids is 1. The average molecular weight is 437 g/mol. The molecule has 0 bridgehead atoms. The number of aromatic nitrogens is 1. The Labute approximate surface area is 188 Å². The summed E-state index contributed by atoms with van der Waals surface area (Å²) < 4.78 is 0. The third-order valence-electron chi connectivity index (χ3n) is 5.90. The zero-order valence-electron chi connectivity index (χ0n) is 18.1. The van der Waals surface area contributed by atoms with E-state index in [1.165, 1.54) is 0 Å². The van der Waals surface area contributed by atoms with Crippen molar-refractivity contribution < 1.29 is 4.79 Å². The number of para-hydroxylation sites is 1. The van der Waals surface area contributed by atoms with Gasteiger partial charge in [0.2, 0.25) is 5.91 Å². The Morgan fingerprint density at radius 2 is 1.71 bits per heavy atom. The molecule has 1 heterocycles. The van der Waals surface area contributed by atoms with Crippen molar-refractivity contribution in [1.82, 2.24) is 10.3 Å². The summed E-state index contributed by atoms with van der Waals surface area (Å²) in [4.78, 5) is 19.3. The number of nitrogens with one attached hydrogen (secondary N) is 2. The smallest absolute Gasteiger partial charge is 0.224 e. The van der Waals surface area contributed by atoms with Gasteiger partial charge in [0.1, 0.15) is 5.82 Å². The van der Waals surface area contributed by atoms with Crippen molar-refractivity contribution in [2.75, 3.05) is 24.3 Å². The quantitative estimate of drug-likeness (QED) is 0.568. The van der Waals surface area contributed by atoms with E-state index in [-0.39, 0.29) is 11.9 Å². The number of fused-ring (bicyclic) bond motifs is 1. The SMILES string of the molecule is CN(C)c1cc(N[C@H]2CC[C@@H](NC(=O)Cc3ccc(Cl)cc3)CC2)nc2ccccc12. The lowest BCUT2D eigenvalue weighted by molar-refractivity contribution is -0.121. The van der Waals surface area contributed by atoms with Gasteiger partial charge in [-0.15, -0.1) is 0 Å². The second-order valence-corrected chi connectivity index (χ2v) is 8.94. The molecule has 0 radical (unpaired) electrons. The van der Waals surface area contributed by atoms with Gasteiger partial charge in [0, 0.05) is 48.3 Å². The normalized spacial score (nSPS) is 18.5. The van der Waals surface area contributed by atoms with Gasteiger partial charge < -0.3 is 15.5 Å². The van der Waals surface area contributed by atoms with Crippen LogP contribution < -0.4 is 15.5 Å². The van der Waals surface area contributed by atoms with Gasteiger partial charge in [-0.1, -0.05) is 41.9 Å². The van der Waals surface area contributed by atoms with Crippen molar-refractivity contribution in [2.24, 2.45) is 0 Å². The molecule has 1 aliphatic rings. The summed E-state index contributed by atoms with van der Waals surface area (Å²) in [7, 11) is 4.12. The summed E-state index contributed by atoms with van der Waals surface area (Å²) in [6, 6.07) is 18.4. The third kappa shape index (κ3) is 5.47. The first-order valence-electron chi connectivity index (χ1n) is 10.9. The van der Waals surface area contributed by atoms with E-state index in [0.717, 1.165) is 53.7 Å². The minimum Gasteiger partial charge on any atom is -0.377 e. The number of benzene rings is 2. The van der Waals surface area contributed by atoms with Crippen LogP contribution in [0.15, 0.2) is 54.6 Å². The Kier molecular flexibility index (Phi) is 6.62. The van der Waals surface area contributed by atoms with Gasteiger partial charge >= 0.3 is 0 Å². The highest BCUT2D eigenvalue weighted by Gasteiger charge is 2.23. The maximum Gasteiger partial charge on any atom is 0.224 e. The molecule has 0 aliphatic heterocycles. The highest BCUT2D eigenvalue weighted by Crippen LogP contribution is 2.29. The summed E-state index contributed by atoms with van der Waals surface area (Å²) in [5.41, 5.74) is 3.15. The number of anilines is 2. The average Bonchev–Trinajstić information content (AvgIpc) is 2.76. The molecule has 0 spiro atoms. The number of halogens is 1. The number of carbonyl (C=O) groups is 1. The molecule has 0 saturated heterocycles. The van der Waals surface area contributed by atoms with Crippen LogP contribution in [0.3, 0.4) is 0 Å². The topological polar surface area (TPSA) is 57.3 Å². The molecule has 2 aromatic carbocycles. The molecule has 4 rings (SSSR count).